The average molecular weight is 411 g/mol. The van der Waals surface area contributed by atoms with E-state index in [2.05, 4.69) is 0 Å². The summed E-state index contributed by atoms with van der Waals surface area (Å²) in [5.41, 5.74) is -0.431. The molecule has 0 amide bonds. The summed E-state index contributed by atoms with van der Waals surface area (Å²) in [4.78, 5) is 0. The van der Waals surface area contributed by atoms with Gasteiger partial charge in [-0.15, -0.1) is 0 Å². The number of aliphatic hydroxyl groups is 2. The molecule has 0 aromatic carbocycles. The maximum Gasteiger partial charge on any atom is 0.0637 e. The van der Waals surface area contributed by atoms with Crippen molar-refractivity contribution in [3.05, 3.63) is 0 Å². The van der Waals surface area contributed by atoms with Gasteiger partial charge in [-0.05, 0) is 32.1 Å². The summed E-state index contributed by atoms with van der Waals surface area (Å²) in [5, 5.41) is 17.9. The van der Waals surface area contributed by atoms with Gasteiger partial charge in [-0.25, -0.2) is 0 Å². The summed E-state index contributed by atoms with van der Waals surface area (Å²) >= 11 is 0. The predicted molar refractivity (Wildman–Crippen MR) is 107 cm³/mol. The van der Waals surface area contributed by atoms with Crippen molar-refractivity contribution in [2.75, 3.05) is 93.5 Å². The van der Waals surface area contributed by atoms with Crippen LogP contribution in [-0.4, -0.2) is 104 Å². The van der Waals surface area contributed by atoms with Crippen molar-refractivity contribution in [2.24, 2.45) is 5.41 Å². The molecule has 0 bridgehead atoms. The molecule has 170 valence electrons. The van der Waals surface area contributed by atoms with Crippen LogP contribution >= 0.6 is 0 Å². The van der Waals surface area contributed by atoms with E-state index in [4.69, 9.17) is 38.6 Å². The molecule has 0 atom stereocenters. The fraction of sp³-hybridized carbons (Fsp3) is 1.00. The lowest BCUT2D eigenvalue weighted by Gasteiger charge is -2.33. The highest BCUT2D eigenvalue weighted by Gasteiger charge is 2.32. The van der Waals surface area contributed by atoms with Crippen LogP contribution in [0.4, 0.5) is 0 Å². The molecule has 0 unspecified atom stereocenters. The van der Waals surface area contributed by atoms with Gasteiger partial charge in [0, 0.05) is 67.1 Å². The number of hydrogen-bond donors (Lipinski definition) is 2. The average Bonchev–Trinajstić information content (AvgIpc) is 2.71. The second-order valence-corrected chi connectivity index (χ2v) is 6.91. The van der Waals surface area contributed by atoms with Crippen molar-refractivity contribution in [1.29, 1.82) is 0 Å². The van der Waals surface area contributed by atoms with Crippen molar-refractivity contribution in [1.82, 2.24) is 0 Å². The fourth-order valence-electron chi connectivity index (χ4n) is 2.49. The van der Waals surface area contributed by atoms with Gasteiger partial charge in [0.2, 0.25) is 0 Å². The number of rotatable bonds is 23. The van der Waals surface area contributed by atoms with Crippen LogP contribution in [0.1, 0.15) is 32.1 Å². The van der Waals surface area contributed by atoms with Gasteiger partial charge in [0.1, 0.15) is 0 Å². The summed E-state index contributed by atoms with van der Waals surface area (Å²) in [6.07, 6.45) is 3.88. The minimum Gasteiger partial charge on any atom is -0.396 e. The van der Waals surface area contributed by atoms with Crippen molar-refractivity contribution in [3.8, 4) is 0 Å². The topological polar surface area (TPSA) is 95.8 Å². The number of hydrogen-bond acceptors (Lipinski definition) is 8. The second kappa shape index (κ2) is 21.4. The molecule has 0 aliphatic carbocycles. The molecule has 0 heterocycles. The van der Waals surface area contributed by atoms with Crippen LogP contribution in [-0.2, 0) is 28.4 Å². The van der Waals surface area contributed by atoms with Crippen molar-refractivity contribution < 1.29 is 38.6 Å². The Labute approximate surface area is 170 Å². The van der Waals surface area contributed by atoms with E-state index in [0.29, 0.717) is 72.3 Å². The van der Waals surface area contributed by atoms with E-state index < -0.39 is 5.41 Å². The molecule has 0 spiro atoms. The third kappa shape index (κ3) is 16.6. The highest BCUT2D eigenvalue weighted by atomic mass is 16.5. The van der Waals surface area contributed by atoms with E-state index in [0.717, 1.165) is 25.9 Å². The maximum absolute atomic E-state index is 8.96. The highest BCUT2D eigenvalue weighted by molar-refractivity contribution is 4.79. The maximum atomic E-state index is 8.96. The Morgan fingerprint density at radius 1 is 0.500 bits per heavy atom. The molecule has 8 nitrogen and oxygen atoms in total. The van der Waals surface area contributed by atoms with Crippen LogP contribution in [0, 0.1) is 5.41 Å². The number of unbranched alkanes of at least 4 members (excludes halogenated alkanes) is 1. The first-order valence-electron chi connectivity index (χ1n) is 10.2. The zero-order valence-electron chi connectivity index (χ0n) is 17.9. The molecule has 0 radical (unpaired) electrons. The first-order valence-corrected chi connectivity index (χ1v) is 10.2. The molecule has 0 rings (SSSR count). The van der Waals surface area contributed by atoms with Crippen LogP contribution in [0.15, 0.2) is 0 Å². The van der Waals surface area contributed by atoms with E-state index in [1.54, 1.807) is 14.2 Å². The second-order valence-electron chi connectivity index (χ2n) is 6.91. The van der Waals surface area contributed by atoms with Gasteiger partial charge in [0.15, 0.2) is 0 Å². The van der Waals surface area contributed by atoms with Crippen molar-refractivity contribution in [3.63, 3.8) is 0 Å². The van der Waals surface area contributed by atoms with Gasteiger partial charge >= 0.3 is 0 Å². The Morgan fingerprint density at radius 2 is 0.857 bits per heavy atom. The molecule has 0 aromatic heterocycles. The highest BCUT2D eigenvalue weighted by Crippen LogP contribution is 2.21. The largest absolute Gasteiger partial charge is 0.396 e. The molecule has 8 heteroatoms. The minimum atomic E-state index is -0.431. The predicted octanol–water partition coefficient (Wildman–Crippen LogP) is 1.27. The van der Waals surface area contributed by atoms with Gasteiger partial charge in [-0.1, -0.05) is 0 Å². The Hall–Kier alpha value is -0.320. The summed E-state index contributed by atoms with van der Waals surface area (Å²) in [6, 6.07) is 0. The Kier molecular flexibility index (Phi) is 21.1. The summed E-state index contributed by atoms with van der Waals surface area (Å²) in [7, 11) is 3.37. The van der Waals surface area contributed by atoms with E-state index in [1.807, 2.05) is 0 Å². The fourth-order valence-corrected chi connectivity index (χ4v) is 2.49. The standard InChI is InChI=1S/C20H42O8/c1-23-10-3-4-12-25-16-20(17-26-13-5-8-21,18-27-14-6-9-22)19-28-15-7-11-24-2/h21-22H,3-19H2,1-2H3. The molecule has 0 saturated carbocycles. The van der Waals surface area contributed by atoms with Crippen LogP contribution in [0.25, 0.3) is 0 Å². The number of ether oxygens (including phenoxy) is 6. The van der Waals surface area contributed by atoms with E-state index in [-0.39, 0.29) is 13.2 Å². The third-order valence-electron chi connectivity index (χ3n) is 4.05. The molecule has 2 N–H and O–H groups in total. The molecule has 0 saturated heterocycles. The molecule has 0 aliphatic rings. The Bertz CT molecular complexity index is 292. The van der Waals surface area contributed by atoms with Gasteiger partial charge in [-0.3, -0.25) is 0 Å². The third-order valence-corrected chi connectivity index (χ3v) is 4.05. The monoisotopic (exact) mass is 410 g/mol. The molecular weight excluding hydrogens is 368 g/mol. The zero-order chi connectivity index (χ0) is 20.8. The van der Waals surface area contributed by atoms with Gasteiger partial charge in [0.05, 0.1) is 31.8 Å². The molecule has 0 aromatic rings. The summed E-state index contributed by atoms with van der Waals surface area (Å²) in [5.74, 6) is 0. The van der Waals surface area contributed by atoms with Crippen molar-refractivity contribution in [2.45, 2.75) is 32.1 Å². The number of aliphatic hydroxyl groups excluding tert-OH is 2. The normalized spacial score (nSPS) is 12.0. The van der Waals surface area contributed by atoms with Crippen molar-refractivity contribution >= 4 is 0 Å². The van der Waals surface area contributed by atoms with Gasteiger partial charge in [-0.2, -0.15) is 0 Å². The minimum absolute atomic E-state index is 0.101. The lowest BCUT2D eigenvalue weighted by molar-refractivity contribution is -0.109. The molecule has 28 heavy (non-hydrogen) atoms. The molecule has 0 aliphatic heterocycles. The Morgan fingerprint density at radius 3 is 1.29 bits per heavy atom. The van der Waals surface area contributed by atoms with E-state index in [9.17, 15) is 0 Å². The Balaban J connectivity index is 4.63. The zero-order valence-corrected chi connectivity index (χ0v) is 17.9. The lowest BCUT2D eigenvalue weighted by Crippen LogP contribution is -2.42. The van der Waals surface area contributed by atoms with Gasteiger partial charge < -0.3 is 38.6 Å². The van der Waals surface area contributed by atoms with E-state index >= 15 is 0 Å². The summed E-state index contributed by atoms with van der Waals surface area (Å²) in [6.45, 7) is 5.54. The summed E-state index contributed by atoms with van der Waals surface area (Å²) < 4.78 is 33.5. The van der Waals surface area contributed by atoms with E-state index in [1.165, 1.54) is 0 Å². The van der Waals surface area contributed by atoms with Crippen LogP contribution in [0.2, 0.25) is 0 Å². The first kappa shape index (κ1) is 27.7. The van der Waals surface area contributed by atoms with Crippen LogP contribution in [0.5, 0.6) is 0 Å². The van der Waals surface area contributed by atoms with Crippen LogP contribution in [0.3, 0.4) is 0 Å². The van der Waals surface area contributed by atoms with Gasteiger partial charge in [0.25, 0.3) is 0 Å². The quantitative estimate of drug-likeness (QED) is 0.243. The number of methoxy groups -OCH3 is 2. The lowest BCUT2D eigenvalue weighted by atomic mass is 9.92. The molecule has 0 fully saturated rings. The van der Waals surface area contributed by atoms with Crippen LogP contribution < -0.4 is 0 Å². The SMILES string of the molecule is COCCCCOCC(COCCCO)(COCCCO)COCCCOC. The first-order chi connectivity index (χ1) is 13.7. The smallest absolute Gasteiger partial charge is 0.0637 e. The molecular formula is C20H42O8.